The fourth-order valence-electron chi connectivity index (χ4n) is 5.74. The highest BCUT2D eigenvalue weighted by Gasteiger charge is 2.19. The van der Waals surface area contributed by atoms with Gasteiger partial charge >= 0.3 is 17.9 Å². The molecule has 0 heterocycles. The van der Waals surface area contributed by atoms with Gasteiger partial charge < -0.3 is 14.2 Å². The lowest BCUT2D eigenvalue weighted by atomic mass is 10.0. The van der Waals surface area contributed by atoms with Crippen LogP contribution in [0.15, 0.2) is 0 Å². The Labute approximate surface area is 285 Å². The maximum absolute atomic E-state index is 12.6. The van der Waals surface area contributed by atoms with Crippen LogP contribution in [0.1, 0.15) is 214 Å². The minimum atomic E-state index is -0.756. The van der Waals surface area contributed by atoms with E-state index in [0.29, 0.717) is 19.3 Å². The summed E-state index contributed by atoms with van der Waals surface area (Å²) in [6.07, 6.45) is 31.0. The fourth-order valence-corrected chi connectivity index (χ4v) is 5.74. The van der Waals surface area contributed by atoms with Crippen LogP contribution < -0.4 is 0 Å². The molecule has 0 bridgehead atoms. The third-order valence-electron chi connectivity index (χ3n) is 8.79. The zero-order chi connectivity index (χ0) is 33.9. The Morgan fingerprint density at radius 1 is 0.413 bits per heavy atom. The Morgan fingerprint density at radius 2 is 0.717 bits per heavy atom. The van der Waals surface area contributed by atoms with E-state index in [1.54, 1.807) is 0 Å². The molecular formula is C40H76O6. The van der Waals surface area contributed by atoms with E-state index in [0.717, 1.165) is 63.7 Å². The number of rotatable bonds is 35. The van der Waals surface area contributed by atoms with E-state index in [-0.39, 0.29) is 31.1 Å². The molecule has 0 aromatic carbocycles. The molecular weight excluding hydrogens is 576 g/mol. The van der Waals surface area contributed by atoms with Crippen LogP contribution in [0.2, 0.25) is 0 Å². The molecule has 0 aromatic heterocycles. The minimum Gasteiger partial charge on any atom is -0.462 e. The summed E-state index contributed by atoms with van der Waals surface area (Å²) in [4.78, 5) is 37.3. The van der Waals surface area contributed by atoms with Gasteiger partial charge in [0.25, 0.3) is 0 Å². The van der Waals surface area contributed by atoms with Crippen LogP contribution in [-0.4, -0.2) is 37.2 Å². The largest absolute Gasteiger partial charge is 0.462 e. The Morgan fingerprint density at radius 3 is 1.07 bits per heavy atom. The van der Waals surface area contributed by atoms with Crippen molar-refractivity contribution in [2.45, 2.75) is 220 Å². The van der Waals surface area contributed by atoms with Crippen molar-refractivity contribution in [1.82, 2.24) is 0 Å². The molecule has 0 aliphatic carbocycles. The summed E-state index contributed by atoms with van der Waals surface area (Å²) < 4.78 is 16.6. The molecule has 6 nitrogen and oxygen atoms in total. The lowest BCUT2D eigenvalue weighted by molar-refractivity contribution is -0.167. The van der Waals surface area contributed by atoms with E-state index in [1.165, 1.54) is 109 Å². The van der Waals surface area contributed by atoms with Gasteiger partial charge in [0.15, 0.2) is 6.10 Å². The van der Waals surface area contributed by atoms with Gasteiger partial charge in [0.1, 0.15) is 13.2 Å². The standard InChI is InChI=1S/C40H76O6/c1-5-7-9-11-13-14-15-16-20-25-29-33-40(43)46-37(34-44-38(41)31-27-23-18-12-10-8-6-2)35-45-39(42)32-28-24-21-17-19-22-26-30-36(3)4/h36-37H,5-35H2,1-4H3/t37-/m1/s1. The smallest absolute Gasteiger partial charge is 0.306 e. The average Bonchev–Trinajstić information content (AvgIpc) is 3.03. The van der Waals surface area contributed by atoms with Crippen LogP contribution in [-0.2, 0) is 28.6 Å². The highest BCUT2D eigenvalue weighted by molar-refractivity contribution is 5.71. The van der Waals surface area contributed by atoms with Gasteiger partial charge in [0.05, 0.1) is 0 Å². The lowest BCUT2D eigenvalue weighted by Gasteiger charge is -2.18. The van der Waals surface area contributed by atoms with E-state index in [9.17, 15) is 14.4 Å². The molecule has 0 saturated carbocycles. The molecule has 272 valence electrons. The number of unbranched alkanes of at least 4 members (excludes halogenated alkanes) is 22. The second kappa shape index (κ2) is 34.7. The summed E-state index contributed by atoms with van der Waals surface area (Å²) in [5.74, 6) is -0.0906. The van der Waals surface area contributed by atoms with Gasteiger partial charge in [-0.1, -0.05) is 175 Å². The summed E-state index contributed by atoms with van der Waals surface area (Å²) in [6.45, 7) is 8.87. The minimum absolute atomic E-state index is 0.0661. The second-order valence-electron chi connectivity index (χ2n) is 14.0. The molecule has 6 heteroatoms. The fraction of sp³-hybridized carbons (Fsp3) is 0.925. The van der Waals surface area contributed by atoms with E-state index in [2.05, 4.69) is 27.7 Å². The molecule has 1 atom stereocenters. The Kier molecular flexibility index (Phi) is 33.5. The number of esters is 3. The van der Waals surface area contributed by atoms with E-state index >= 15 is 0 Å². The third-order valence-corrected chi connectivity index (χ3v) is 8.79. The van der Waals surface area contributed by atoms with Gasteiger partial charge in [-0.25, -0.2) is 0 Å². The van der Waals surface area contributed by atoms with Crippen LogP contribution in [0, 0.1) is 5.92 Å². The quantitative estimate of drug-likeness (QED) is 0.0385. The van der Waals surface area contributed by atoms with Crippen molar-refractivity contribution < 1.29 is 28.6 Å². The molecule has 0 rings (SSSR count). The summed E-state index contributed by atoms with van der Waals surface area (Å²) in [5.41, 5.74) is 0. The van der Waals surface area contributed by atoms with Gasteiger partial charge in [-0.2, -0.15) is 0 Å². The van der Waals surface area contributed by atoms with Crippen molar-refractivity contribution in [3.05, 3.63) is 0 Å². The molecule has 0 spiro atoms. The van der Waals surface area contributed by atoms with Crippen LogP contribution in [0.5, 0.6) is 0 Å². The van der Waals surface area contributed by atoms with Crippen molar-refractivity contribution in [3.8, 4) is 0 Å². The molecule has 0 N–H and O–H groups in total. The third kappa shape index (κ3) is 33.8. The number of hydrogen-bond donors (Lipinski definition) is 0. The Hall–Kier alpha value is -1.59. The summed E-state index contributed by atoms with van der Waals surface area (Å²) in [6, 6.07) is 0. The van der Waals surface area contributed by atoms with Gasteiger partial charge in [-0.15, -0.1) is 0 Å². The van der Waals surface area contributed by atoms with Crippen LogP contribution in [0.4, 0.5) is 0 Å². The predicted molar refractivity (Wildman–Crippen MR) is 192 cm³/mol. The monoisotopic (exact) mass is 653 g/mol. The Balaban J connectivity index is 4.33. The van der Waals surface area contributed by atoms with E-state index in [4.69, 9.17) is 14.2 Å². The highest BCUT2D eigenvalue weighted by Crippen LogP contribution is 2.15. The van der Waals surface area contributed by atoms with Gasteiger partial charge in [0, 0.05) is 19.3 Å². The van der Waals surface area contributed by atoms with Crippen LogP contribution in [0.25, 0.3) is 0 Å². The zero-order valence-electron chi connectivity index (χ0n) is 31.0. The molecule has 0 aromatic rings. The Bertz CT molecular complexity index is 691. The molecule has 0 radical (unpaired) electrons. The molecule has 0 saturated heterocycles. The van der Waals surface area contributed by atoms with E-state index in [1.807, 2.05) is 0 Å². The maximum Gasteiger partial charge on any atom is 0.306 e. The van der Waals surface area contributed by atoms with Crippen LogP contribution >= 0.6 is 0 Å². The lowest BCUT2D eigenvalue weighted by Crippen LogP contribution is -2.30. The first-order valence-corrected chi connectivity index (χ1v) is 19.9. The topological polar surface area (TPSA) is 78.9 Å². The first-order valence-electron chi connectivity index (χ1n) is 19.9. The molecule has 0 aliphatic rings. The van der Waals surface area contributed by atoms with Crippen molar-refractivity contribution in [1.29, 1.82) is 0 Å². The normalized spacial score (nSPS) is 11.9. The second-order valence-corrected chi connectivity index (χ2v) is 14.0. The summed E-state index contributed by atoms with van der Waals surface area (Å²) in [7, 11) is 0. The average molecular weight is 653 g/mol. The molecule has 0 amide bonds. The molecule has 0 aliphatic heterocycles. The molecule has 46 heavy (non-hydrogen) atoms. The first-order chi connectivity index (χ1) is 22.4. The highest BCUT2D eigenvalue weighted by atomic mass is 16.6. The van der Waals surface area contributed by atoms with Gasteiger partial charge in [-0.05, 0) is 25.2 Å². The van der Waals surface area contributed by atoms with E-state index < -0.39 is 6.10 Å². The summed E-state index contributed by atoms with van der Waals surface area (Å²) in [5, 5.41) is 0. The zero-order valence-corrected chi connectivity index (χ0v) is 31.0. The van der Waals surface area contributed by atoms with Crippen molar-refractivity contribution in [2.24, 2.45) is 5.92 Å². The van der Waals surface area contributed by atoms with Gasteiger partial charge in [-0.3, -0.25) is 14.4 Å². The first kappa shape index (κ1) is 44.4. The number of ether oxygens (including phenoxy) is 3. The SMILES string of the molecule is CCCCCCCCCCCCCC(=O)O[C@H](COC(=O)CCCCCCCCC)COC(=O)CCCCCCCCCC(C)C. The summed E-state index contributed by atoms with van der Waals surface area (Å²) >= 11 is 0. The van der Waals surface area contributed by atoms with Crippen molar-refractivity contribution in [3.63, 3.8) is 0 Å². The van der Waals surface area contributed by atoms with Gasteiger partial charge in [0.2, 0.25) is 0 Å². The van der Waals surface area contributed by atoms with Crippen molar-refractivity contribution in [2.75, 3.05) is 13.2 Å². The molecule has 0 unspecified atom stereocenters. The number of carbonyl (C=O) groups excluding carboxylic acids is 3. The number of hydrogen-bond acceptors (Lipinski definition) is 6. The maximum atomic E-state index is 12.6. The van der Waals surface area contributed by atoms with Crippen molar-refractivity contribution >= 4 is 17.9 Å². The van der Waals surface area contributed by atoms with Crippen LogP contribution in [0.3, 0.4) is 0 Å². The predicted octanol–water partition coefficient (Wildman–Crippen LogP) is 12.0. The number of carbonyl (C=O) groups is 3. The molecule has 0 fully saturated rings.